The van der Waals surface area contributed by atoms with Crippen LogP contribution in [-0.2, 0) is 15.0 Å². The van der Waals surface area contributed by atoms with Crippen LogP contribution >= 0.6 is 0 Å². The van der Waals surface area contributed by atoms with Crippen molar-refractivity contribution in [1.82, 2.24) is 9.80 Å². The van der Waals surface area contributed by atoms with Gasteiger partial charge in [0, 0.05) is 26.2 Å². The highest BCUT2D eigenvalue weighted by Gasteiger charge is 2.47. The molecule has 1 aliphatic heterocycles. The van der Waals surface area contributed by atoms with Gasteiger partial charge in [0.1, 0.15) is 5.82 Å². The summed E-state index contributed by atoms with van der Waals surface area (Å²) in [6.07, 6.45) is 3.49. The minimum absolute atomic E-state index is 0.140. The summed E-state index contributed by atoms with van der Waals surface area (Å²) in [4.78, 5) is 28.2. The molecule has 0 aromatic heterocycles. The molecule has 3 rings (SSSR count). The highest BCUT2D eigenvalue weighted by molar-refractivity contribution is 5.89. The van der Waals surface area contributed by atoms with E-state index in [2.05, 4.69) is 0 Å². The summed E-state index contributed by atoms with van der Waals surface area (Å²) < 4.78 is 13.2. The maximum absolute atomic E-state index is 13.2. The molecule has 0 radical (unpaired) electrons. The van der Waals surface area contributed by atoms with Crippen LogP contribution in [0.2, 0.25) is 0 Å². The van der Waals surface area contributed by atoms with E-state index in [0.717, 1.165) is 37.8 Å². The number of halogens is 1. The molecule has 0 bridgehead atoms. The number of rotatable bonds is 4. The summed E-state index contributed by atoms with van der Waals surface area (Å²) in [6, 6.07) is 6.34. The van der Waals surface area contributed by atoms with Crippen molar-refractivity contribution in [3.05, 3.63) is 35.6 Å². The summed E-state index contributed by atoms with van der Waals surface area (Å²) in [5.74, 6) is -0.477. The fourth-order valence-electron chi connectivity index (χ4n) is 3.78. The van der Waals surface area contributed by atoms with Gasteiger partial charge in [0.25, 0.3) is 0 Å². The average molecular weight is 333 g/mol. The SMILES string of the molecule is NC(=O)CN1CCCN(C(=O)C2(c3ccc(F)cc3)CCC2)CC1. The molecule has 1 saturated carbocycles. The molecule has 1 aromatic carbocycles. The van der Waals surface area contributed by atoms with E-state index < -0.39 is 5.41 Å². The highest BCUT2D eigenvalue weighted by atomic mass is 19.1. The lowest BCUT2D eigenvalue weighted by molar-refractivity contribution is -0.140. The van der Waals surface area contributed by atoms with E-state index in [4.69, 9.17) is 5.73 Å². The smallest absolute Gasteiger partial charge is 0.233 e. The monoisotopic (exact) mass is 333 g/mol. The molecule has 0 unspecified atom stereocenters. The first-order valence-corrected chi connectivity index (χ1v) is 8.57. The van der Waals surface area contributed by atoms with Crippen LogP contribution in [-0.4, -0.2) is 54.3 Å². The zero-order valence-corrected chi connectivity index (χ0v) is 13.8. The van der Waals surface area contributed by atoms with Gasteiger partial charge in [0.2, 0.25) is 11.8 Å². The normalized spacial score (nSPS) is 21.0. The molecule has 6 heteroatoms. The largest absolute Gasteiger partial charge is 0.369 e. The first-order chi connectivity index (χ1) is 11.5. The van der Waals surface area contributed by atoms with Crippen LogP contribution < -0.4 is 5.73 Å². The summed E-state index contributed by atoms with van der Waals surface area (Å²) in [7, 11) is 0. The Morgan fingerprint density at radius 2 is 1.75 bits per heavy atom. The predicted octanol–water partition coefficient (Wildman–Crippen LogP) is 1.27. The third-order valence-corrected chi connectivity index (χ3v) is 5.27. The van der Waals surface area contributed by atoms with Gasteiger partial charge in [-0.3, -0.25) is 14.5 Å². The lowest BCUT2D eigenvalue weighted by atomic mass is 9.63. The van der Waals surface area contributed by atoms with E-state index in [1.807, 2.05) is 9.80 Å². The Balaban J connectivity index is 1.72. The number of hydrogen-bond acceptors (Lipinski definition) is 3. The zero-order chi connectivity index (χ0) is 17.2. The van der Waals surface area contributed by atoms with Gasteiger partial charge in [0.05, 0.1) is 12.0 Å². The van der Waals surface area contributed by atoms with Crippen LogP contribution in [0.3, 0.4) is 0 Å². The van der Waals surface area contributed by atoms with E-state index >= 15 is 0 Å². The van der Waals surface area contributed by atoms with Crippen LogP contribution in [0.4, 0.5) is 4.39 Å². The van der Waals surface area contributed by atoms with Crippen LogP contribution in [0.15, 0.2) is 24.3 Å². The lowest BCUT2D eigenvalue weighted by Gasteiger charge is -2.44. The number of carbonyl (C=O) groups is 2. The molecule has 2 amide bonds. The molecule has 2 aliphatic rings. The Labute approximate surface area is 141 Å². The molecular weight excluding hydrogens is 309 g/mol. The number of nitrogens with zero attached hydrogens (tertiary/aromatic N) is 2. The molecule has 0 atom stereocenters. The Bertz CT molecular complexity index is 613. The molecule has 1 heterocycles. The van der Waals surface area contributed by atoms with Crippen molar-refractivity contribution in [3.8, 4) is 0 Å². The number of nitrogens with two attached hydrogens (primary N) is 1. The molecule has 2 N–H and O–H groups in total. The van der Waals surface area contributed by atoms with Gasteiger partial charge in [-0.1, -0.05) is 18.6 Å². The van der Waals surface area contributed by atoms with E-state index in [-0.39, 0.29) is 24.2 Å². The van der Waals surface area contributed by atoms with E-state index in [1.165, 1.54) is 12.1 Å². The first-order valence-electron chi connectivity index (χ1n) is 8.57. The van der Waals surface area contributed by atoms with Crippen molar-refractivity contribution >= 4 is 11.8 Å². The second-order valence-corrected chi connectivity index (χ2v) is 6.83. The molecule has 24 heavy (non-hydrogen) atoms. The second-order valence-electron chi connectivity index (χ2n) is 6.83. The fraction of sp³-hybridized carbons (Fsp3) is 0.556. The van der Waals surface area contributed by atoms with Crippen molar-refractivity contribution in [2.24, 2.45) is 5.73 Å². The molecule has 1 saturated heterocycles. The van der Waals surface area contributed by atoms with Crippen molar-refractivity contribution < 1.29 is 14.0 Å². The number of hydrogen-bond donors (Lipinski definition) is 1. The lowest BCUT2D eigenvalue weighted by Crippen LogP contribution is -2.52. The number of carbonyl (C=O) groups excluding carboxylic acids is 2. The average Bonchev–Trinajstić information content (AvgIpc) is 2.73. The maximum atomic E-state index is 13.2. The Hall–Kier alpha value is -1.95. The van der Waals surface area contributed by atoms with Crippen molar-refractivity contribution in [3.63, 3.8) is 0 Å². The summed E-state index contributed by atoms with van der Waals surface area (Å²) in [6.45, 7) is 2.97. The predicted molar refractivity (Wildman–Crippen MR) is 88.8 cm³/mol. The van der Waals surface area contributed by atoms with Gasteiger partial charge in [-0.2, -0.15) is 0 Å². The number of benzene rings is 1. The van der Waals surface area contributed by atoms with Gasteiger partial charge < -0.3 is 10.6 Å². The number of primary amides is 1. The topological polar surface area (TPSA) is 66.6 Å². The summed E-state index contributed by atoms with van der Waals surface area (Å²) in [5.41, 5.74) is 5.69. The highest BCUT2D eigenvalue weighted by Crippen LogP contribution is 2.45. The van der Waals surface area contributed by atoms with Crippen molar-refractivity contribution in [2.45, 2.75) is 31.1 Å². The number of amides is 2. The summed E-state index contributed by atoms with van der Waals surface area (Å²) in [5, 5.41) is 0. The van der Waals surface area contributed by atoms with Gasteiger partial charge in [-0.15, -0.1) is 0 Å². The first kappa shape index (κ1) is 16.9. The quantitative estimate of drug-likeness (QED) is 0.902. The minimum atomic E-state index is -0.493. The van der Waals surface area contributed by atoms with Gasteiger partial charge in [0.15, 0.2) is 0 Å². The summed E-state index contributed by atoms with van der Waals surface area (Å²) >= 11 is 0. The van der Waals surface area contributed by atoms with Gasteiger partial charge >= 0.3 is 0 Å². The van der Waals surface area contributed by atoms with Gasteiger partial charge in [-0.05, 0) is 37.0 Å². The van der Waals surface area contributed by atoms with Crippen LogP contribution in [0.1, 0.15) is 31.2 Å². The van der Waals surface area contributed by atoms with E-state index in [9.17, 15) is 14.0 Å². The Kier molecular flexibility index (Phi) is 4.85. The molecular formula is C18H24FN3O2. The standard InChI is InChI=1S/C18H24FN3O2/c19-15-5-3-14(4-6-15)18(7-1-8-18)17(24)22-10-2-9-21(11-12-22)13-16(20)23/h3-6H,1-2,7-13H2,(H2,20,23). The third kappa shape index (κ3) is 3.29. The molecule has 5 nitrogen and oxygen atoms in total. The second kappa shape index (κ2) is 6.89. The van der Waals surface area contributed by atoms with Crippen molar-refractivity contribution in [2.75, 3.05) is 32.7 Å². The van der Waals surface area contributed by atoms with Gasteiger partial charge in [-0.25, -0.2) is 4.39 Å². The van der Waals surface area contributed by atoms with Crippen LogP contribution in [0.25, 0.3) is 0 Å². The van der Waals surface area contributed by atoms with Crippen LogP contribution in [0.5, 0.6) is 0 Å². The molecule has 2 fully saturated rings. The zero-order valence-electron chi connectivity index (χ0n) is 13.8. The van der Waals surface area contributed by atoms with Crippen molar-refractivity contribution in [1.29, 1.82) is 0 Å². The Morgan fingerprint density at radius 1 is 1.04 bits per heavy atom. The molecule has 0 spiro atoms. The van der Waals surface area contributed by atoms with E-state index in [0.29, 0.717) is 19.6 Å². The molecule has 1 aromatic rings. The maximum Gasteiger partial charge on any atom is 0.233 e. The Morgan fingerprint density at radius 3 is 2.33 bits per heavy atom. The van der Waals surface area contributed by atoms with E-state index in [1.54, 1.807) is 12.1 Å². The minimum Gasteiger partial charge on any atom is -0.369 e. The molecule has 1 aliphatic carbocycles. The third-order valence-electron chi connectivity index (χ3n) is 5.27. The molecule has 130 valence electrons. The van der Waals surface area contributed by atoms with Crippen LogP contribution in [0, 0.1) is 5.82 Å². The fourth-order valence-corrected chi connectivity index (χ4v) is 3.78.